The molecule has 0 amide bonds. The third-order valence-electron chi connectivity index (χ3n) is 2.64. The van der Waals surface area contributed by atoms with Gasteiger partial charge in [0.15, 0.2) is 0 Å². The number of ether oxygens (including phenoxy) is 1. The minimum absolute atomic E-state index is 0.426. The number of morpholine rings is 1. The topological polar surface area (TPSA) is 38.5 Å². The zero-order chi connectivity index (χ0) is 11.8. The fourth-order valence-electron chi connectivity index (χ4n) is 1.96. The second-order valence-corrected chi connectivity index (χ2v) is 6.01. The lowest BCUT2D eigenvalue weighted by Gasteiger charge is -2.33. The van der Waals surface area contributed by atoms with E-state index in [-0.39, 0.29) is 0 Å². The lowest BCUT2D eigenvalue weighted by Crippen LogP contribution is -2.44. The molecule has 4 heteroatoms. The van der Waals surface area contributed by atoms with Gasteiger partial charge in [0.2, 0.25) is 0 Å². The summed E-state index contributed by atoms with van der Waals surface area (Å²) >= 11 is 1.97. The summed E-state index contributed by atoms with van der Waals surface area (Å²) in [5, 5.41) is 0. The van der Waals surface area contributed by atoms with Crippen LogP contribution in [0.3, 0.4) is 0 Å². The van der Waals surface area contributed by atoms with Crippen molar-refractivity contribution in [3.8, 4) is 0 Å². The third-order valence-corrected chi connectivity index (χ3v) is 3.83. The maximum atomic E-state index is 5.78. The van der Waals surface area contributed by atoms with Crippen LogP contribution < -0.4 is 5.73 Å². The van der Waals surface area contributed by atoms with Gasteiger partial charge >= 0.3 is 0 Å². The maximum absolute atomic E-state index is 5.78. The Kier molecular flexibility index (Phi) is 7.45. The van der Waals surface area contributed by atoms with Crippen LogP contribution in [0.15, 0.2) is 0 Å². The normalized spacial score (nSPS) is 22.9. The van der Waals surface area contributed by atoms with Gasteiger partial charge < -0.3 is 10.5 Å². The molecule has 1 heterocycles. The molecule has 0 aromatic carbocycles. The maximum Gasteiger partial charge on any atom is 0.0792 e. The van der Waals surface area contributed by atoms with Gasteiger partial charge in [0.1, 0.15) is 0 Å². The van der Waals surface area contributed by atoms with E-state index in [1.807, 2.05) is 11.8 Å². The number of rotatable bonds is 7. The van der Waals surface area contributed by atoms with Crippen LogP contribution >= 0.6 is 11.8 Å². The molecule has 0 bridgehead atoms. The molecule has 1 aliphatic heterocycles. The van der Waals surface area contributed by atoms with Crippen LogP contribution in [0.5, 0.6) is 0 Å². The van der Waals surface area contributed by atoms with Gasteiger partial charge in [-0.2, -0.15) is 11.8 Å². The Balaban J connectivity index is 2.12. The van der Waals surface area contributed by atoms with Crippen LogP contribution in [0.1, 0.15) is 20.3 Å². The van der Waals surface area contributed by atoms with Crippen LogP contribution in [0, 0.1) is 5.92 Å². The molecule has 2 N–H and O–H groups in total. The lowest BCUT2D eigenvalue weighted by atomic mass is 10.2. The van der Waals surface area contributed by atoms with E-state index < -0.39 is 0 Å². The van der Waals surface area contributed by atoms with Crippen LogP contribution in [0.4, 0.5) is 0 Å². The van der Waals surface area contributed by atoms with Crippen molar-refractivity contribution in [2.45, 2.75) is 26.4 Å². The fraction of sp³-hybridized carbons (Fsp3) is 1.00. The first-order valence-corrected chi connectivity index (χ1v) is 7.49. The van der Waals surface area contributed by atoms with Crippen LogP contribution in [0.25, 0.3) is 0 Å². The summed E-state index contributed by atoms with van der Waals surface area (Å²) in [6, 6.07) is 0. The first kappa shape index (κ1) is 14.3. The van der Waals surface area contributed by atoms with E-state index in [1.165, 1.54) is 12.3 Å². The lowest BCUT2D eigenvalue weighted by molar-refractivity contribution is -0.0191. The first-order valence-electron chi connectivity index (χ1n) is 6.34. The van der Waals surface area contributed by atoms with Crippen molar-refractivity contribution in [2.75, 3.05) is 44.3 Å². The number of nitrogens with two attached hydrogens (primary N) is 1. The predicted octanol–water partition coefficient (Wildman–Crippen LogP) is 1.43. The van der Waals surface area contributed by atoms with E-state index in [0.29, 0.717) is 6.10 Å². The van der Waals surface area contributed by atoms with E-state index in [0.717, 1.165) is 44.3 Å². The average molecular weight is 246 g/mol. The summed E-state index contributed by atoms with van der Waals surface area (Å²) in [7, 11) is 0. The molecule has 0 radical (unpaired) electrons. The van der Waals surface area contributed by atoms with Gasteiger partial charge in [-0.3, -0.25) is 4.90 Å². The second-order valence-electron chi connectivity index (χ2n) is 4.86. The Morgan fingerprint density at radius 1 is 1.50 bits per heavy atom. The van der Waals surface area contributed by atoms with Gasteiger partial charge in [0, 0.05) is 25.4 Å². The van der Waals surface area contributed by atoms with Gasteiger partial charge in [-0.15, -0.1) is 0 Å². The number of thioether (sulfide) groups is 1. The van der Waals surface area contributed by atoms with Crippen molar-refractivity contribution in [3.05, 3.63) is 0 Å². The summed E-state index contributed by atoms with van der Waals surface area (Å²) in [5.41, 5.74) is 5.47. The molecule has 1 unspecified atom stereocenters. The first-order chi connectivity index (χ1) is 7.72. The van der Waals surface area contributed by atoms with E-state index in [9.17, 15) is 0 Å². The van der Waals surface area contributed by atoms with Crippen LogP contribution in [-0.4, -0.2) is 55.3 Å². The van der Waals surface area contributed by atoms with E-state index in [2.05, 4.69) is 18.7 Å². The summed E-state index contributed by atoms with van der Waals surface area (Å²) in [6.45, 7) is 9.66. The molecule has 96 valence electrons. The smallest absolute Gasteiger partial charge is 0.0792 e. The van der Waals surface area contributed by atoms with Crippen molar-refractivity contribution in [3.63, 3.8) is 0 Å². The van der Waals surface area contributed by atoms with Crippen molar-refractivity contribution in [1.29, 1.82) is 0 Å². The van der Waals surface area contributed by atoms with E-state index >= 15 is 0 Å². The minimum atomic E-state index is 0.426. The minimum Gasteiger partial charge on any atom is -0.375 e. The summed E-state index contributed by atoms with van der Waals surface area (Å²) in [5.74, 6) is 3.04. The van der Waals surface area contributed by atoms with Gasteiger partial charge in [-0.25, -0.2) is 0 Å². The molecular weight excluding hydrogens is 220 g/mol. The molecule has 1 fully saturated rings. The summed E-state index contributed by atoms with van der Waals surface area (Å²) in [6.07, 6.45) is 1.54. The van der Waals surface area contributed by atoms with Crippen molar-refractivity contribution >= 4 is 11.8 Å². The summed E-state index contributed by atoms with van der Waals surface area (Å²) in [4.78, 5) is 2.53. The number of hydrogen-bond acceptors (Lipinski definition) is 4. The fourth-order valence-corrected chi connectivity index (χ4v) is 2.97. The highest BCUT2D eigenvalue weighted by molar-refractivity contribution is 7.99. The molecule has 1 rings (SSSR count). The van der Waals surface area contributed by atoms with Gasteiger partial charge in [-0.1, -0.05) is 13.8 Å². The van der Waals surface area contributed by atoms with E-state index in [4.69, 9.17) is 10.5 Å². The van der Waals surface area contributed by atoms with Crippen LogP contribution in [-0.2, 0) is 4.74 Å². The second kappa shape index (κ2) is 8.34. The van der Waals surface area contributed by atoms with Crippen molar-refractivity contribution < 1.29 is 4.74 Å². The molecule has 0 spiro atoms. The zero-order valence-corrected chi connectivity index (χ0v) is 11.5. The SMILES string of the molecule is CC(C)CN1CCOC(CSCCCN)C1. The standard InChI is InChI=1S/C12H26N2OS/c1-11(2)8-14-5-6-15-12(9-14)10-16-7-3-4-13/h11-12H,3-10,13H2,1-2H3. The highest BCUT2D eigenvalue weighted by atomic mass is 32.2. The molecule has 0 aromatic rings. The molecular formula is C12H26N2OS. The van der Waals surface area contributed by atoms with Gasteiger partial charge in [0.25, 0.3) is 0 Å². The largest absolute Gasteiger partial charge is 0.375 e. The predicted molar refractivity (Wildman–Crippen MR) is 72.0 cm³/mol. The van der Waals surface area contributed by atoms with Crippen molar-refractivity contribution in [2.24, 2.45) is 11.7 Å². The molecule has 3 nitrogen and oxygen atoms in total. The molecule has 1 atom stereocenters. The molecule has 0 aromatic heterocycles. The molecule has 0 saturated carbocycles. The third kappa shape index (κ3) is 6.09. The van der Waals surface area contributed by atoms with E-state index in [1.54, 1.807) is 0 Å². The van der Waals surface area contributed by atoms with Gasteiger partial charge in [-0.05, 0) is 24.6 Å². The molecule has 1 aliphatic rings. The Morgan fingerprint density at radius 3 is 3.00 bits per heavy atom. The quantitative estimate of drug-likeness (QED) is 0.690. The Morgan fingerprint density at radius 2 is 2.31 bits per heavy atom. The number of hydrogen-bond donors (Lipinski definition) is 1. The Bertz CT molecular complexity index is 178. The summed E-state index contributed by atoms with van der Waals surface area (Å²) < 4.78 is 5.78. The number of nitrogens with zero attached hydrogens (tertiary/aromatic N) is 1. The van der Waals surface area contributed by atoms with Crippen LogP contribution in [0.2, 0.25) is 0 Å². The molecule has 1 saturated heterocycles. The highest BCUT2D eigenvalue weighted by Gasteiger charge is 2.20. The molecule has 0 aliphatic carbocycles. The Hall–Kier alpha value is 0.230. The van der Waals surface area contributed by atoms with Crippen molar-refractivity contribution in [1.82, 2.24) is 4.90 Å². The van der Waals surface area contributed by atoms with Gasteiger partial charge in [0.05, 0.1) is 12.7 Å². The molecule has 16 heavy (non-hydrogen) atoms. The monoisotopic (exact) mass is 246 g/mol. The highest BCUT2D eigenvalue weighted by Crippen LogP contribution is 2.13. The zero-order valence-electron chi connectivity index (χ0n) is 10.7. The Labute approximate surface area is 104 Å². The average Bonchev–Trinajstić information content (AvgIpc) is 2.24.